The number of nitrogens with zero attached hydrogens (tertiary/aromatic N) is 1. The molecule has 84 valence electrons. The number of hydrogen-bond donors (Lipinski definition) is 1. The van der Waals surface area contributed by atoms with E-state index < -0.39 is 10.0 Å². The van der Waals surface area contributed by atoms with E-state index in [2.05, 4.69) is 9.71 Å². The van der Waals surface area contributed by atoms with Crippen molar-refractivity contribution in [1.82, 2.24) is 4.72 Å². The van der Waals surface area contributed by atoms with Crippen molar-refractivity contribution < 1.29 is 8.42 Å². The molecule has 4 nitrogen and oxygen atoms in total. The molecule has 1 aromatic carbocycles. The summed E-state index contributed by atoms with van der Waals surface area (Å²) < 4.78 is 26.5. The third-order valence-electron chi connectivity index (χ3n) is 2.78. The van der Waals surface area contributed by atoms with E-state index >= 15 is 0 Å². The Labute approximate surface area is 93.8 Å². The van der Waals surface area contributed by atoms with Crippen molar-refractivity contribution in [3.05, 3.63) is 28.8 Å². The smallest absolute Gasteiger partial charge is 0.240 e. The van der Waals surface area contributed by atoms with E-state index in [4.69, 9.17) is 0 Å². The van der Waals surface area contributed by atoms with Gasteiger partial charge in [-0.1, -0.05) is 6.08 Å². The number of nitrogens with one attached hydrogen (secondary N) is 1. The molecule has 1 aromatic rings. The lowest BCUT2D eigenvalue weighted by atomic mass is 10.3. The molecular formula is C11H12N2O2S. The SMILES string of the molecule is O=S(=O)(NC1CC1)c1ccc2c(c1)=CCN=2. The lowest BCUT2D eigenvalue weighted by Gasteiger charge is -2.04. The van der Waals surface area contributed by atoms with Gasteiger partial charge in [-0.05, 0) is 36.3 Å². The van der Waals surface area contributed by atoms with Crippen LogP contribution in [0.3, 0.4) is 0 Å². The van der Waals surface area contributed by atoms with Crippen molar-refractivity contribution in [2.75, 3.05) is 6.54 Å². The summed E-state index contributed by atoms with van der Waals surface area (Å²) >= 11 is 0. The van der Waals surface area contributed by atoms with Gasteiger partial charge in [-0.2, -0.15) is 0 Å². The molecule has 0 unspecified atom stereocenters. The quantitative estimate of drug-likeness (QED) is 0.772. The highest BCUT2D eigenvalue weighted by molar-refractivity contribution is 7.89. The maximum Gasteiger partial charge on any atom is 0.240 e. The summed E-state index contributed by atoms with van der Waals surface area (Å²) in [5.41, 5.74) is 0. The summed E-state index contributed by atoms with van der Waals surface area (Å²) in [6.07, 6.45) is 3.84. The van der Waals surface area contributed by atoms with Crippen LogP contribution in [-0.2, 0) is 10.0 Å². The van der Waals surface area contributed by atoms with Crippen LogP contribution < -0.4 is 15.3 Å². The lowest BCUT2D eigenvalue weighted by molar-refractivity contribution is 0.581. The third-order valence-corrected chi connectivity index (χ3v) is 4.30. The highest BCUT2D eigenvalue weighted by Crippen LogP contribution is 2.21. The van der Waals surface area contributed by atoms with Gasteiger partial charge in [0.1, 0.15) is 0 Å². The predicted molar refractivity (Wildman–Crippen MR) is 59.9 cm³/mol. The molecule has 2 aliphatic rings. The van der Waals surface area contributed by atoms with Crippen LogP contribution in [0.4, 0.5) is 0 Å². The summed E-state index contributed by atoms with van der Waals surface area (Å²) in [4.78, 5) is 4.56. The largest absolute Gasteiger partial charge is 0.281 e. The van der Waals surface area contributed by atoms with Crippen LogP contribution in [0.1, 0.15) is 12.8 Å². The Morgan fingerprint density at radius 1 is 1.31 bits per heavy atom. The Bertz CT molecular complexity index is 645. The van der Waals surface area contributed by atoms with Crippen molar-refractivity contribution in [1.29, 1.82) is 0 Å². The maximum absolute atomic E-state index is 11.9. The van der Waals surface area contributed by atoms with Gasteiger partial charge in [-0.3, -0.25) is 4.99 Å². The molecule has 0 saturated heterocycles. The number of benzene rings is 1. The molecule has 0 radical (unpaired) electrons. The second kappa shape index (κ2) is 3.40. The zero-order valence-electron chi connectivity index (χ0n) is 8.68. The Balaban J connectivity index is 2.04. The fraction of sp³-hybridized carbons (Fsp3) is 0.364. The van der Waals surface area contributed by atoms with Crippen LogP contribution in [0, 0.1) is 0 Å². The minimum atomic E-state index is -3.33. The van der Waals surface area contributed by atoms with Crippen molar-refractivity contribution in [2.24, 2.45) is 4.99 Å². The van der Waals surface area contributed by atoms with E-state index in [1.165, 1.54) is 0 Å². The van der Waals surface area contributed by atoms with Gasteiger partial charge in [0.25, 0.3) is 0 Å². The van der Waals surface area contributed by atoms with Gasteiger partial charge in [-0.25, -0.2) is 13.1 Å². The Hall–Kier alpha value is -1.20. The van der Waals surface area contributed by atoms with Crippen molar-refractivity contribution in [3.8, 4) is 0 Å². The molecule has 0 spiro atoms. The molecule has 1 fully saturated rings. The van der Waals surface area contributed by atoms with Gasteiger partial charge in [0.05, 0.1) is 16.8 Å². The fourth-order valence-corrected chi connectivity index (χ4v) is 3.08. The van der Waals surface area contributed by atoms with Crippen LogP contribution >= 0.6 is 0 Å². The van der Waals surface area contributed by atoms with Crippen molar-refractivity contribution in [2.45, 2.75) is 23.8 Å². The summed E-state index contributed by atoms with van der Waals surface area (Å²) in [5, 5.41) is 1.80. The molecule has 0 aromatic heterocycles. The second-order valence-electron chi connectivity index (χ2n) is 4.16. The van der Waals surface area contributed by atoms with E-state index in [-0.39, 0.29) is 6.04 Å². The number of sulfonamides is 1. The van der Waals surface area contributed by atoms with Gasteiger partial charge in [0.15, 0.2) is 0 Å². The average Bonchev–Trinajstić information content (AvgIpc) is 2.93. The highest BCUT2D eigenvalue weighted by Gasteiger charge is 2.27. The first kappa shape index (κ1) is 9.99. The normalized spacial score (nSPS) is 18.8. The summed E-state index contributed by atoms with van der Waals surface area (Å²) in [6, 6.07) is 5.22. The molecule has 1 saturated carbocycles. The second-order valence-corrected chi connectivity index (χ2v) is 5.87. The van der Waals surface area contributed by atoms with Gasteiger partial charge >= 0.3 is 0 Å². The van der Waals surface area contributed by atoms with Gasteiger partial charge < -0.3 is 0 Å². The van der Waals surface area contributed by atoms with E-state index in [1.54, 1.807) is 18.2 Å². The summed E-state index contributed by atoms with van der Waals surface area (Å²) in [5.74, 6) is 0. The molecular weight excluding hydrogens is 224 g/mol. The molecule has 1 aliphatic heterocycles. The monoisotopic (exact) mass is 236 g/mol. The third kappa shape index (κ3) is 1.76. The highest BCUT2D eigenvalue weighted by atomic mass is 32.2. The number of hydrogen-bond acceptors (Lipinski definition) is 3. The number of rotatable bonds is 3. The predicted octanol–water partition coefficient (Wildman–Crippen LogP) is -0.459. The summed E-state index contributed by atoms with van der Waals surface area (Å²) in [6.45, 7) is 0.648. The van der Waals surface area contributed by atoms with Crippen LogP contribution in [-0.4, -0.2) is 21.0 Å². The zero-order chi connectivity index (χ0) is 11.2. The molecule has 16 heavy (non-hydrogen) atoms. The van der Waals surface area contributed by atoms with E-state index in [0.717, 1.165) is 23.4 Å². The minimum absolute atomic E-state index is 0.145. The Morgan fingerprint density at radius 2 is 2.12 bits per heavy atom. The molecule has 1 aliphatic carbocycles. The van der Waals surface area contributed by atoms with Crippen LogP contribution in [0.15, 0.2) is 28.1 Å². The molecule has 0 atom stereocenters. The molecule has 5 heteroatoms. The van der Waals surface area contributed by atoms with Gasteiger partial charge in [-0.15, -0.1) is 0 Å². The van der Waals surface area contributed by atoms with Crippen molar-refractivity contribution in [3.63, 3.8) is 0 Å². The molecule has 0 bridgehead atoms. The lowest BCUT2D eigenvalue weighted by Crippen LogP contribution is -2.29. The maximum atomic E-state index is 11.9. The molecule has 1 N–H and O–H groups in total. The Morgan fingerprint density at radius 3 is 2.88 bits per heavy atom. The first-order valence-corrected chi connectivity index (χ1v) is 6.80. The van der Waals surface area contributed by atoms with Crippen molar-refractivity contribution >= 4 is 16.1 Å². The van der Waals surface area contributed by atoms with E-state index in [9.17, 15) is 8.42 Å². The Kier molecular flexibility index (Phi) is 2.12. The molecule has 3 rings (SSSR count). The molecule has 1 heterocycles. The van der Waals surface area contributed by atoms with Crippen LogP contribution in [0.5, 0.6) is 0 Å². The first-order valence-electron chi connectivity index (χ1n) is 5.32. The summed E-state index contributed by atoms with van der Waals surface area (Å²) in [7, 11) is -3.33. The van der Waals surface area contributed by atoms with Crippen LogP contribution in [0.2, 0.25) is 0 Å². The van der Waals surface area contributed by atoms with Gasteiger partial charge in [0.2, 0.25) is 10.0 Å². The van der Waals surface area contributed by atoms with E-state index in [0.29, 0.717) is 11.4 Å². The fourth-order valence-electron chi connectivity index (χ4n) is 1.74. The average molecular weight is 236 g/mol. The standard InChI is InChI=1S/C11H12N2O2S/c14-16(15,13-9-1-2-9)10-3-4-11-8(7-10)5-6-12-11/h3-5,7,9,13H,1-2,6H2. The zero-order valence-corrected chi connectivity index (χ0v) is 9.50. The topological polar surface area (TPSA) is 58.5 Å². The van der Waals surface area contributed by atoms with Crippen LogP contribution in [0.25, 0.3) is 6.08 Å². The van der Waals surface area contributed by atoms with E-state index in [1.807, 2.05) is 6.08 Å². The minimum Gasteiger partial charge on any atom is -0.281 e. The molecule has 0 amide bonds. The van der Waals surface area contributed by atoms with Gasteiger partial charge in [0, 0.05) is 6.04 Å². The first-order chi connectivity index (χ1) is 7.65. The number of fused-ring (bicyclic) bond motifs is 1.